The number of amidine groups is 2. The van der Waals surface area contributed by atoms with Crippen LogP contribution in [0.4, 0.5) is 8.78 Å². The highest BCUT2D eigenvalue weighted by Crippen LogP contribution is 2.35. The van der Waals surface area contributed by atoms with Crippen molar-refractivity contribution in [3.8, 4) is 0 Å². The summed E-state index contributed by atoms with van der Waals surface area (Å²) >= 11 is 5.98. The van der Waals surface area contributed by atoms with Crippen LogP contribution in [-0.2, 0) is 11.2 Å². The Bertz CT molecular complexity index is 850. The van der Waals surface area contributed by atoms with E-state index in [1.165, 1.54) is 0 Å². The van der Waals surface area contributed by atoms with E-state index < -0.39 is 11.9 Å². The largest absolute Gasteiger partial charge is 0.481 e. The van der Waals surface area contributed by atoms with E-state index in [-0.39, 0.29) is 25.0 Å². The number of carboxylic acids is 1. The smallest absolute Gasteiger partial charge is 0.300 e. The van der Waals surface area contributed by atoms with Gasteiger partial charge in [-0.15, -0.1) is 10.2 Å². The molecule has 32 heavy (non-hydrogen) atoms. The summed E-state index contributed by atoms with van der Waals surface area (Å²) in [4.78, 5) is 13.3. The minimum absolute atomic E-state index is 0.0337. The molecule has 1 atom stereocenters. The van der Waals surface area contributed by atoms with Crippen molar-refractivity contribution >= 4 is 29.2 Å². The van der Waals surface area contributed by atoms with Crippen LogP contribution in [0.1, 0.15) is 44.6 Å². The molecule has 1 aromatic carbocycles. The fraction of sp³-hybridized carbons (Fsp3) is 0.591. The molecule has 0 saturated carbocycles. The van der Waals surface area contributed by atoms with Crippen molar-refractivity contribution in [2.75, 3.05) is 19.6 Å². The van der Waals surface area contributed by atoms with Gasteiger partial charge in [0.25, 0.3) is 11.9 Å². The first kappa shape index (κ1) is 24.4. The molecule has 7 nitrogen and oxygen atoms in total. The third-order valence-corrected chi connectivity index (χ3v) is 6.29. The van der Waals surface area contributed by atoms with Crippen LogP contribution in [-0.4, -0.2) is 70.2 Å². The quantitative estimate of drug-likeness (QED) is 0.705. The van der Waals surface area contributed by atoms with Crippen LogP contribution in [0, 0.1) is 0 Å². The maximum atomic E-state index is 14.2. The van der Waals surface area contributed by atoms with Gasteiger partial charge in [-0.1, -0.05) is 23.7 Å². The van der Waals surface area contributed by atoms with Gasteiger partial charge in [0.15, 0.2) is 0 Å². The first-order valence-electron chi connectivity index (χ1n) is 10.8. The second-order valence-corrected chi connectivity index (χ2v) is 9.01. The number of alkyl halides is 2. The minimum Gasteiger partial charge on any atom is -0.481 e. The molecule has 2 saturated heterocycles. The van der Waals surface area contributed by atoms with Crippen molar-refractivity contribution < 1.29 is 18.7 Å². The Labute approximate surface area is 191 Å². The van der Waals surface area contributed by atoms with Gasteiger partial charge in [0.05, 0.1) is 13.0 Å². The first-order chi connectivity index (χ1) is 15.1. The lowest BCUT2D eigenvalue weighted by molar-refractivity contribution is -0.134. The van der Waals surface area contributed by atoms with E-state index >= 15 is 0 Å². The van der Waals surface area contributed by atoms with Gasteiger partial charge in [0.1, 0.15) is 11.7 Å². The number of carbonyl (C=O) groups is 1. The lowest BCUT2D eigenvalue weighted by Crippen LogP contribution is -2.56. The van der Waals surface area contributed by atoms with E-state index in [2.05, 4.69) is 20.0 Å². The molecular formula is C22H30ClF2N5O2. The first-order valence-corrected chi connectivity index (χ1v) is 11.2. The van der Waals surface area contributed by atoms with Crippen LogP contribution in [0.2, 0.25) is 5.02 Å². The van der Waals surface area contributed by atoms with Gasteiger partial charge in [0.2, 0.25) is 0 Å². The van der Waals surface area contributed by atoms with Gasteiger partial charge in [-0.25, -0.2) is 8.78 Å². The molecule has 0 bridgehead atoms. The van der Waals surface area contributed by atoms with Crippen molar-refractivity contribution in [1.82, 2.24) is 9.80 Å². The fourth-order valence-electron chi connectivity index (χ4n) is 4.54. The van der Waals surface area contributed by atoms with Crippen LogP contribution in [0.3, 0.4) is 0 Å². The summed E-state index contributed by atoms with van der Waals surface area (Å²) in [5, 5.41) is 16.2. The molecule has 1 aromatic rings. The number of carboxylic acid groups (broad SMARTS) is 1. The van der Waals surface area contributed by atoms with Crippen LogP contribution in [0.25, 0.3) is 0 Å². The summed E-state index contributed by atoms with van der Waals surface area (Å²) in [6.07, 6.45) is 3.56. The topological polar surface area (TPSA) is 94.5 Å². The number of aliphatic carboxylic acids is 1. The number of nitrogens with two attached hydrogens (primary N) is 1. The molecule has 3 aliphatic rings. The summed E-state index contributed by atoms with van der Waals surface area (Å²) < 4.78 is 28.4. The number of hydrogen-bond donors (Lipinski definition) is 2. The number of rotatable bonds is 3. The Morgan fingerprint density at radius 1 is 1.22 bits per heavy atom. The molecule has 10 heteroatoms. The predicted molar refractivity (Wildman–Crippen MR) is 121 cm³/mol. The van der Waals surface area contributed by atoms with Crippen LogP contribution >= 0.6 is 11.6 Å². The van der Waals surface area contributed by atoms with Crippen LogP contribution in [0.15, 0.2) is 34.5 Å². The molecule has 3 N–H and O–H groups in total. The molecule has 4 rings (SSSR count). The Morgan fingerprint density at radius 2 is 1.84 bits per heavy atom. The number of likely N-dealkylation sites (tertiary alicyclic amines) is 2. The van der Waals surface area contributed by atoms with Crippen molar-refractivity contribution in [2.45, 2.75) is 63.5 Å². The number of nitrogens with zero attached hydrogens (tertiary/aromatic N) is 4. The maximum Gasteiger partial charge on any atom is 0.300 e. The van der Waals surface area contributed by atoms with Gasteiger partial charge in [-0.2, -0.15) is 0 Å². The Kier molecular flexibility index (Phi) is 8.05. The number of benzene rings is 1. The van der Waals surface area contributed by atoms with Crippen LogP contribution < -0.4 is 5.73 Å². The lowest BCUT2D eigenvalue weighted by atomic mass is 9.90. The van der Waals surface area contributed by atoms with E-state index in [9.17, 15) is 8.78 Å². The molecule has 3 heterocycles. The van der Waals surface area contributed by atoms with E-state index in [1.807, 2.05) is 24.3 Å². The normalized spacial score (nSPS) is 23.8. The predicted octanol–water partition coefficient (Wildman–Crippen LogP) is 3.61. The number of hydrogen-bond acceptors (Lipinski definition) is 6. The van der Waals surface area contributed by atoms with Crippen molar-refractivity contribution in [2.24, 2.45) is 15.9 Å². The number of piperidine rings is 2. The molecular weight excluding hydrogens is 440 g/mol. The molecule has 3 aliphatic heterocycles. The average Bonchev–Trinajstić information content (AvgIpc) is 3.17. The molecule has 0 spiro atoms. The highest BCUT2D eigenvalue weighted by atomic mass is 35.5. The monoisotopic (exact) mass is 469 g/mol. The van der Waals surface area contributed by atoms with E-state index in [0.29, 0.717) is 23.7 Å². The number of halogens is 3. The SMILES string of the molecule is CC(=O)O.NC1=NN=C(N2CCC(N3CC(F)(F)CC[C@@H]3Cc3ccc(Cl)cc3)CC2)C1. The molecule has 0 aromatic heterocycles. The highest BCUT2D eigenvalue weighted by Gasteiger charge is 2.43. The Hall–Kier alpha value is -2.26. The summed E-state index contributed by atoms with van der Waals surface area (Å²) in [6.45, 7) is 2.55. The van der Waals surface area contributed by atoms with Crippen LogP contribution in [0.5, 0.6) is 0 Å². The second kappa shape index (κ2) is 10.6. The zero-order chi connectivity index (χ0) is 23.3. The van der Waals surface area contributed by atoms with E-state index in [0.717, 1.165) is 50.7 Å². The molecule has 0 radical (unpaired) electrons. The average molecular weight is 470 g/mol. The summed E-state index contributed by atoms with van der Waals surface area (Å²) in [5.74, 6) is -2.00. The van der Waals surface area contributed by atoms with Crippen molar-refractivity contribution in [3.63, 3.8) is 0 Å². The molecule has 176 valence electrons. The third-order valence-electron chi connectivity index (χ3n) is 6.04. The zero-order valence-electron chi connectivity index (χ0n) is 18.2. The molecule has 0 amide bonds. The van der Waals surface area contributed by atoms with Crippen molar-refractivity contribution in [1.29, 1.82) is 0 Å². The summed E-state index contributed by atoms with van der Waals surface area (Å²) in [5.41, 5.74) is 6.86. The van der Waals surface area contributed by atoms with Gasteiger partial charge in [0, 0.05) is 43.5 Å². The van der Waals surface area contributed by atoms with Gasteiger partial charge in [-0.3, -0.25) is 9.69 Å². The van der Waals surface area contributed by atoms with E-state index in [4.69, 9.17) is 27.2 Å². The second-order valence-electron chi connectivity index (χ2n) is 8.57. The molecule has 2 fully saturated rings. The summed E-state index contributed by atoms with van der Waals surface area (Å²) in [7, 11) is 0. The zero-order valence-corrected chi connectivity index (χ0v) is 18.9. The van der Waals surface area contributed by atoms with E-state index in [1.54, 1.807) is 0 Å². The Balaban J connectivity index is 0.000000668. The standard InChI is InChI=1S/C20H26ClF2N5.C2H4O2/c21-15-3-1-14(2-4-15)11-17-5-8-20(22,23)13-28(17)16-6-9-27(10-7-16)19-12-18(24)25-26-19;1-2(3)4/h1-4,16-17H,5-13H2,(H2,24,25);1H3,(H,3,4)/t17-;/m1./s1. The van der Waals surface area contributed by atoms with Crippen molar-refractivity contribution in [3.05, 3.63) is 34.9 Å². The van der Waals surface area contributed by atoms with Gasteiger partial charge in [-0.05, 0) is 43.4 Å². The van der Waals surface area contributed by atoms with Gasteiger partial charge >= 0.3 is 0 Å². The maximum absolute atomic E-state index is 14.2. The summed E-state index contributed by atoms with van der Waals surface area (Å²) in [6, 6.07) is 8.04. The minimum atomic E-state index is -2.61. The Morgan fingerprint density at radius 3 is 2.41 bits per heavy atom. The van der Waals surface area contributed by atoms with Gasteiger partial charge < -0.3 is 15.7 Å². The third kappa shape index (κ3) is 6.87. The highest BCUT2D eigenvalue weighted by molar-refractivity contribution is 6.30. The molecule has 0 unspecified atom stereocenters. The fourth-order valence-corrected chi connectivity index (χ4v) is 4.67. The lowest BCUT2D eigenvalue weighted by Gasteiger charge is -2.47. The molecule has 0 aliphatic carbocycles.